The van der Waals surface area contributed by atoms with Gasteiger partial charge in [0.05, 0.1) is 18.5 Å². The number of para-hydroxylation sites is 3. The van der Waals surface area contributed by atoms with Crippen LogP contribution in [0.3, 0.4) is 0 Å². The number of hydrogen-bond donors (Lipinski definition) is 0. The molecule has 2 rings (SSSR count). The van der Waals surface area contributed by atoms with E-state index in [1.165, 1.54) is 28.1 Å². The van der Waals surface area contributed by atoms with Gasteiger partial charge in [0, 0.05) is 36.3 Å². The first-order valence-corrected chi connectivity index (χ1v) is 13.5. The van der Waals surface area contributed by atoms with Crippen molar-refractivity contribution in [3.63, 3.8) is 0 Å². The van der Waals surface area contributed by atoms with Crippen molar-refractivity contribution >= 4 is 105 Å². The highest BCUT2D eigenvalue weighted by Crippen LogP contribution is 2.45. The fraction of sp³-hybridized carbons (Fsp3) is 0.130. The second kappa shape index (κ2) is 16.6. The van der Waals surface area contributed by atoms with Crippen LogP contribution in [0.2, 0.25) is 0 Å². The largest absolute Gasteiger partial charge is 0.495 e. The van der Waals surface area contributed by atoms with E-state index in [0.29, 0.717) is 17.1 Å². The third kappa shape index (κ3) is 13.0. The molecular weight excluding hydrogens is 653 g/mol. The fourth-order valence-electron chi connectivity index (χ4n) is 2.31. The SMILES string of the molecule is COc1ccccc1N(C=C(C#N)C#N)SC(Cl)(Cl)Cl.N#CC(C#N)=CN(SC(Cl)(Cl)Cl)c1ccccc1. The minimum absolute atomic E-state index is 0.0828. The number of rotatable bonds is 7. The van der Waals surface area contributed by atoms with Crippen LogP contribution in [0.15, 0.2) is 78.1 Å². The van der Waals surface area contributed by atoms with Crippen LogP contribution in [0.25, 0.3) is 0 Å². The molecule has 0 fully saturated rings. The molecule has 0 N–H and O–H groups in total. The molecule has 0 amide bonds. The Labute approximate surface area is 259 Å². The van der Waals surface area contributed by atoms with Crippen LogP contribution < -0.4 is 13.3 Å². The van der Waals surface area contributed by atoms with E-state index in [1.807, 2.05) is 6.07 Å². The fourth-order valence-corrected chi connectivity index (χ4v) is 4.89. The van der Waals surface area contributed by atoms with E-state index in [9.17, 15) is 0 Å². The van der Waals surface area contributed by atoms with E-state index in [0.717, 1.165) is 23.9 Å². The Hall–Kier alpha value is -2.28. The van der Waals surface area contributed by atoms with Crippen molar-refractivity contribution in [2.75, 3.05) is 15.7 Å². The van der Waals surface area contributed by atoms with E-state index >= 15 is 0 Å². The smallest absolute Gasteiger partial charge is 0.256 e. The summed E-state index contributed by atoms with van der Waals surface area (Å²) in [5.74, 6) is 0.515. The first kappa shape index (κ1) is 33.7. The molecule has 0 aromatic heterocycles. The highest BCUT2D eigenvalue weighted by molar-refractivity contribution is 8.06. The lowest BCUT2D eigenvalue weighted by molar-refractivity contribution is 0.416. The van der Waals surface area contributed by atoms with E-state index in [1.54, 1.807) is 72.8 Å². The lowest BCUT2D eigenvalue weighted by Gasteiger charge is -2.24. The number of nitriles is 4. The van der Waals surface area contributed by atoms with Gasteiger partial charge in [0.1, 0.15) is 41.2 Å². The molecule has 196 valence electrons. The van der Waals surface area contributed by atoms with Crippen LogP contribution in [0.1, 0.15) is 0 Å². The standard InChI is InChI=1S/C12H8Cl3N3OS.C11H6Cl3N3S/c1-19-11-5-3-2-4-10(11)18(20-12(13,14)15)8-9(6-16)7-17;12-11(13,14)18-17(8-9(6-15)7-16)10-4-2-1-3-5-10/h2-5,8H,1H3;1-5,8H. The minimum atomic E-state index is -1.66. The number of anilines is 2. The van der Waals surface area contributed by atoms with Crippen molar-refractivity contribution in [3.05, 3.63) is 78.1 Å². The molecule has 0 bridgehead atoms. The molecule has 0 spiro atoms. The highest BCUT2D eigenvalue weighted by Gasteiger charge is 2.27. The molecule has 15 heteroatoms. The van der Waals surface area contributed by atoms with Crippen LogP contribution >= 0.6 is 93.5 Å². The summed E-state index contributed by atoms with van der Waals surface area (Å²) >= 11 is 36.1. The zero-order chi connectivity index (χ0) is 28.8. The van der Waals surface area contributed by atoms with Crippen molar-refractivity contribution in [1.29, 1.82) is 21.0 Å². The summed E-state index contributed by atoms with van der Waals surface area (Å²) in [5, 5.41) is 35.2. The Morgan fingerprint density at radius 3 is 1.58 bits per heavy atom. The number of hydrogen-bond acceptors (Lipinski definition) is 9. The maximum atomic E-state index is 8.84. The summed E-state index contributed by atoms with van der Waals surface area (Å²) in [4.78, 5) is 0. The lowest BCUT2D eigenvalue weighted by Crippen LogP contribution is -2.14. The van der Waals surface area contributed by atoms with Crippen LogP contribution in [-0.2, 0) is 0 Å². The summed E-state index contributed by atoms with van der Waals surface area (Å²) in [6.45, 7) is 0. The maximum absolute atomic E-state index is 8.84. The van der Waals surface area contributed by atoms with Gasteiger partial charge in [-0.15, -0.1) is 0 Å². The van der Waals surface area contributed by atoms with Gasteiger partial charge in [-0.2, -0.15) is 21.0 Å². The van der Waals surface area contributed by atoms with Gasteiger partial charge in [0.15, 0.2) is 0 Å². The van der Waals surface area contributed by atoms with Gasteiger partial charge in [0.25, 0.3) is 6.25 Å². The molecular formula is C23H14Cl6N6OS2. The van der Waals surface area contributed by atoms with Crippen molar-refractivity contribution < 1.29 is 4.74 Å². The van der Waals surface area contributed by atoms with Gasteiger partial charge in [0.2, 0.25) is 0 Å². The zero-order valence-corrected chi connectivity index (χ0v) is 25.2. The average Bonchev–Trinajstić information content (AvgIpc) is 2.88. The Balaban J connectivity index is 0.000000382. The van der Waals surface area contributed by atoms with Crippen LogP contribution in [-0.4, -0.2) is 13.4 Å². The average molecular weight is 667 g/mol. The van der Waals surface area contributed by atoms with Gasteiger partial charge in [-0.1, -0.05) is 99.9 Å². The molecule has 0 saturated heterocycles. The Morgan fingerprint density at radius 2 is 1.13 bits per heavy atom. The molecule has 0 saturated carbocycles. The Kier molecular flexibility index (Phi) is 14.8. The second-order valence-electron chi connectivity index (χ2n) is 6.27. The number of alkyl halides is 6. The molecule has 0 radical (unpaired) electrons. The Morgan fingerprint density at radius 1 is 0.711 bits per heavy atom. The number of allylic oxidation sites excluding steroid dienone is 2. The molecule has 0 atom stereocenters. The summed E-state index contributed by atoms with van der Waals surface area (Å²) < 4.78 is 4.83. The summed E-state index contributed by atoms with van der Waals surface area (Å²) in [6.07, 6.45) is 2.60. The monoisotopic (exact) mass is 664 g/mol. The topological polar surface area (TPSA) is 111 Å². The number of methoxy groups -OCH3 is 1. The predicted octanol–water partition coefficient (Wildman–Crippen LogP) is 8.81. The van der Waals surface area contributed by atoms with Crippen molar-refractivity contribution in [3.8, 4) is 30.0 Å². The summed E-state index contributed by atoms with van der Waals surface area (Å²) in [6, 6.07) is 22.9. The molecule has 0 unspecified atom stereocenters. The van der Waals surface area contributed by atoms with Crippen LogP contribution in [0.4, 0.5) is 11.4 Å². The van der Waals surface area contributed by atoms with Crippen molar-refractivity contribution in [2.24, 2.45) is 0 Å². The molecule has 38 heavy (non-hydrogen) atoms. The number of benzene rings is 2. The van der Waals surface area contributed by atoms with Crippen molar-refractivity contribution in [2.45, 2.75) is 6.25 Å². The quantitative estimate of drug-likeness (QED) is 0.163. The molecule has 0 aliphatic rings. The zero-order valence-electron chi connectivity index (χ0n) is 19.0. The maximum Gasteiger partial charge on any atom is 0.256 e. The minimum Gasteiger partial charge on any atom is -0.495 e. The number of halogens is 6. The molecule has 7 nitrogen and oxygen atoms in total. The van der Waals surface area contributed by atoms with Crippen LogP contribution in [0.5, 0.6) is 5.75 Å². The first-order valence-electron chi connectivity index (χ1n) is 9.69. The lowest BCUT2D eigenvalue weighted by atomic mass is 10.3. The molecule has 0 aliphatic carbocycles. The van der Waals surface area contributed by atoms with Crippen molar-refractivity contribution in [1.82, 2.24) is 0 Å². The summed E-state index contributed by atoms with van der Waals surface area (Å²) in [5.41, 5.74) is 1.03. The third-order valence-corrected chi connectivity index (χ3v) is 6.38. The third-order valence-electron chi connectivity index (χ3n) is 3.71. The normalized spacial score (nSPS) is 10.1. The van der Waals surface area contributed by atoms with E-state index in [4.69, 9.17) is 95.4 Å². The van der Waals surface area contributed by atoms with E-state index in [2.05, 4.69) is 0 Å². The predicted molar refractivity (Wildman–Crippen MR) is 159 cm³/mol. The first-order chi connectivity index (χ1) is 17.9. The second-order valence-corrected chi connectivity index (χ2v) is 14.5. The highest BCUT2D eigenvalue weighted by atomic mass is 35.6. The van der Waals surface area contributed by atoms with Gasteiger partial charge >= 0.3 is 0 Å². The van der Waals surface area contributed by atoms with Gasteiger partial charge in [-0.3, -0.25) is 8.61 Å². The van der Waals surface area contributed by atoms with Gasteiger partial charge in [-0.05, 0) is 24.3 Å². The van der Waals surface area contributed by atoms with Gasteiger partial charge in [-0.25, -0.2) is 0 Å². The van der Waals surface area contributed by atoms with Crippen LogP contribution in [0, 0.1) is 45.3 Å². The number of ether oxygens (including phenoxy) is 1. The molecule has 0 heterocycles. The molecule has 2 aromatic rings. The van der Waals surface area contributed by atoms with Gasteiger partial charge < -0.3 is 4.74 Å². The van der Waals surface area contributed by atoms with E-state index < -0.39 is 6.25 Å². The summed E-state index contributed by atoms with van der Waals surface area (Å²) in [7, 11) is 1.50. The van der Waals surface area contributed by atoms with E-state index in [-0.39, 0.29) is 11.1 Å². The molecule has 0 aliphatic heterocycles. The molecule has 2 aromatic carbocycles. The number of nitrogens with zero attached hydrogens (tertiary/aromatic N) is 6. The Bertz CT molecular complexity index is 1270.